The monoisotopic (exact) mass is 244 g/mol. The Morgan fingerprint density at radius 3 is 2.78 bits per heavy atom. The molecule has 0 radical (unpaired) electrons. The fraction of sp³-hybridized carbons (Fsp3) is 0.533. The number of carbonyl (C=O) groups is 1. The Morgan fingerprint density at radius 2 is 2.06 bits per heavy atom. The van der Waals surface area contributed by atoms with Crippen LogP contribution >= 0.6 is 0 Å². The maximum atomic E-state index is 12.0. The molecular formula is C15H20N2O. The zero-order chi connectivity index (χ0) is 12.6. The normalized spacial score (nSPS) is 32.1. The molecule has 0 aliphatic carbocycles. The van der Waals surface area contributed by atoms with Crippen LogP contribution in [0.15, 0.2) is 30.3 Å². The summed E-state index contributed by atoms with van der Waals surface area (Å²) in [4.78, 5) is 12.0. The highest BCUT2D eigenvalue weighted by molar-refractivity contribution is 5.83. The van der Waals surface area contributed by atoms with Crippen LogP contribution in [0.4, 0.5) is 0 Å². The molecule has 2 heterocycles. The topological polar surface area (TPSA) is 55.1 Å². The number of primary amides is 1. The van der Waals surface area contributed by atoms with E-state index in [1.165, 1.54) is 19.3 Å². The number of rotatable bonds is 3. The lowest BCUT2D eigenvalue weighted by molar-refractivity contribution is -0.121. The molecule has 3 atom stereocenters. The fourth-order valence-electron chi connectivity index (χ4n) is 3.83. The number of piperidine rings is 1. The maximum absolute atomic E-state index is 12.0. The highest BCUT2D eigenvalue weighted by atomic mass is 16.1. The average Bonchev–Trinajstić information content (AvgIpc) is 2.66. The second-order valence-corrected chi connectivity index (χ2v) is 5.67. The molecule has 0 saturated carbocycles. The summed E-state index contributed by atoms with van der Waals surface area (Å²) in [6, 6.07) is 10.6. The molecule has 2 saturated heterocycles. The van der Waals surface area contributed by atoms with Crippen molar-refractivity contribution in [3.63, 3.8) is 0 Å². The Hall–Kier alpha value is -1.35. The van der Waals surface area contributed by atoms with Crippen molar-refractivity contribution in [1.29, 1.82) is 0 Å². The number of nitrogens with one attached hydrogen (secondary N) is 1. The molecule has 1 aromatic rings. The van der Waals surface area contributed by atoms with Crippen molar-refractivity contribution in [2.45, 2.75) is 49.6 Å². The quantitative estimate of drug-likeness (QED) is 0.853. The van der Waals surface area contributed by atoms with Gasteiger partial charge in [0, 0.05) is 11.6 Å². The molecule has 3 rings (SSSR count). The van der Waals surface area contributed by atoms with Crippen LogP contribution in [0.5, 0.6) is 0 Å². The zero-order valence-electron chi connectivity index (χ0n) is 10.6. The van der Waals surface area contributed by atoms with Gasteiger partial charge in [0.25, 0.3) is 0 Å². The van der Waals surface area contributed by atoms with Crippen LogP contribution < -0.4 is 11.1 Å². The van der Waals surface area contributed by atoms with Crippen molar-refractivity contribution in [2.24, 2.45) is 5.73 Å². The molecule has 1 amide bonds. The zero-order valence-corrected chi connectivity index (χ0v) is 10.6. The lowest BCUT2D eigenvalue weighted by atomic mass is 9.74. The summed E-state index contributed by atoms with van der Waals surface area (Å²) in [5, 5.41) is 3.68. The first-order valence-corrected chi connectivity index (χ1v) is 6.83. The summed E-state index contributed by atoms with van der Waals surface area (Å²) in [6.45, 7) is 0. The van der Waals surface area contributed by atoms with Crippen molar-refractivity contribution in [2.75, 3.05) is 0 Å². The summed E-state index contributed by atoms with van der Waals surface area (Å²) in [5.74, 6) is -0.389. The van der Waals surface area contributed by atoms with Gasteiger partial charge < -0.3 is 11.1 Å². The van der Waals surface area contributed by atoms with Gasteiger partial charge in [0.2, 0.25) is 5.91 Å². The van der Waals surface area contributed by atoms with Crippen LogP contribution in [0.25, 0.3) is 0 Å². The molecule has 18 heavy (non-hydrogen) atoms. The minimum atomic E-state index is -0.198. The van der Waals surface area contributed by atoms with E-state index in [0.717, 1.165) is 18.4 Å². The number of hydrogen-bond acceptors (Lipinski definition) is 2. The van der Waals surface area contributed by atoms with E-state index in [1.807, 2.05) is 30.3 Å². The van der Waals surface area contributed by atoms with E-state index in [0.29, 0.717) is 6.04 Å². The molecule has 2 fully saturated rings. The Labute approximate surface area is 108 Å². The SMILES string of the molecule is NC(=O)C(c1ccccc1)C12CCCC(CC1)N2. The highest BCUT2D eigenvalue weighted by Crippen LogP contribution is 2.44. The summed E-state index contributed by atoms with van der Waals surface area (Å²) in [5.41, 5.74) is 6.67. The molecule has 96 valence electrons. The molecule has 2 aliphatic heterocycles. The Balaban J connectivity index is 1.98. The van der Waals surface area contributed by atoms with Crippen molar-refractivity contribution in [1.82, 2.24) is 5.32 Å². The first-order chi connectivity index (χ1) is 8.71. The number of fused-ring (bicyclic) bond motifs is 2. The summed E-state index contributed by atoms with van der Waals surface area (Å²) >= 11 is 0. The first-order valence-electron chi connectivity index (χ1n) is 6.83. The third-order valence-corrected chi connectivity index (χ3v) is 4.58. The van der Waals surface area contributed by atoms with Crippen molar-refractivity contribution in [3.05, 3.63) is 35.9 Å². The molecule has 1 aromatic carbocycles. The first kappa shape index (κ1) is 11.7. The van der Waals surface area contributed by atoms with Crippen LogP contribution in [-0.4, -0.2) is 17.5 Å². The molecule has 3 heteroatoms. The van der Waals surface area contributed by atoms with Gasteiger partial charge in [-0.1, -0.05) is 36.8 Å². The number of benzene rings is 1. The number of nitrogens with two attached hydrogens (primary N) is 1. The third kappa shape index (κ3) is 1.83. The minimum Gasteiger partial charge on any atom is -0.369 e. The van der Waals surface area contributed by atoms with Crippen LogP contribution in [0.2, 0.25) is 0 Å². The van der Waals surface area contributed by atoms with Gasteiger partial charge >= 0.3 is 0 Å². The van der Waals surface area contributed by atoms with Crippen LogP contribution in [-0.2, 0) is 4.79 Å². The van der Waals surface area contributed by atoms with E-state index < -0.39 is 0 Å². The summed E-state index contributed by atoms with van der Waals surface area (Å²) in [7, 11) is 0. The number of hydrogen-bond donors (Lipinski definition) is 2. The molecule has 2 aliphatic rings. The van der Waals surface area contributed by atoms with E-state index in [2.05, 4.69) is 5.32 Å². The predicted octanol–water partition coefficient (Wildman–Crippen LogP) is 1.93. The fourth-order valence-corrected chi connectivity index (χ4v) is 3.83. The number of amides is 1. The molecule has 0 spiro atoms. The summed E-state index contributed by atoms with van der Waals surface area (Å²) in [6.07, 6.45) is 5.75. The molecule has 3 N–H and O–H groups in total. The van der Waals surface area contributed by atoms with Crippen molar-refractivity contribution >= 4 is 5.91 Å². The Kier molecular flexibility index (Phi) is 2.86. The highest BCUT2D eigenvalue weighted by Gasteiger charge is 2.49. The van der Waals surface area contributed by atoms with Crippen LogP contribution in [0, 0.1) is 0 Å². The average molecular weight is 244 g/mol. The summed E-state index contributed by atoms with van der Waals surface area (Å²) < 4.78 is 0. The largest absolute Gasteiger partial charge is 0.369 e. The minimum absolute atomic E-state index is 0.0872. The van der Waals surface area contributed by atoms with Gasteiger partial charge in [0.1, 0.15) is 0 Å². The molecule has 0 aromatic heterocycles. The van der Waals surface area contributed by atoms with Gasteiger partial charge in [-0.05, 0) is 31.2 Å². The lowest BCUT2D eigenvalue weighted by Crippen LogP contribution is -2.54. The van der Waals surface area contributed by atoms with Gasteiger partial charge in [0.05, 0.1) is 5.92 Å². The third-order valence-electron chi connectivity index (χ3n) is 4.58. The van der Waals surface area contributed by atoms with Crippen molar-refractivity contribution in [3.8, 4) is 0 Å². The van der Waals surface area contributed by atoms with Crippen LogP contribution in [0.3, 0.4) is 0 Å². The maximum Gasteiger partial charge on any atom is 0.226 e. The van der Waals surface area contributed by atoms with E-state index in [4.69, 9.17) is 5.73 Å². The van der Waals surface area contributed by atoms with Gasteiger partial charge in [0.15, 0.2) is 0 Å². The standard InChI is InChI=1S/C15H20N2O/c16-14(18)13(11-5-2-1-3-6-11)15-9-4-7-12(17-15)8-10-15/h1-3,5-6,12-13,17H,4,7-10H2,(H2,16,18). The van der Waals surface area contributed by atoms with E-state index in [-0.39, 0.29) is 17.4 Å². The Morgan fingerprint density at radius 1 is 1.28 bits per heavy atom. The second kappa shape index (κ2) is 4.39. The van der Waals surface area contributed by atoms with E-state index >= 15 is 0 Å². The predicted molar refractivity (Wildman–Crippen MR) is 71.1 cm³/mol. The van der Waals surface area contributed by atoms with Crippen LogP contribution in [0.1, 0.15) is 43.6 Å². The molecule has 3 nitrogen and oxygen atoms in total. The molecule has 3 unspecified atom stereocenters. The molecular weight excluding hydrogens is 224 g/mol. The number of carbonyl (C=O) groups excluding carboxylic acids is 1. The smallest absolute Gasteiger partial charge is 0.226 e. The van der Waals surface area contributed by atoms with Crippen molar-refractivity contribution < 1.29 is 4.79 Å². The lowest BCUT2D eigenvalue weighted by Gasteiger charge is -2.40. The van der Waals surface area contributed by atoms with Gasteiger partial charge in [-0.25, -0.2) is 0 Å². The van der Waals surface area contributed by atoms with E-state index in [1.54, 1.807) is 0 Å². The molecule has 2 bridgehead atoms. The van der Waals surface area contributed by atoms with Gasteiger partial charge in [-0.2, -0.15) is 0 Å². The van der Waals surface area contributed by atoms with Gasteiger partial charge in [-0.15, -0.1) is 0 Å². The van der Waals surface area contributed by atoms with E-state index in [9.17, 15) is 4.79 Å². The Bertz CT molecular complexity index is 441. The van der Waals surface area contributed by atoms with Gasteiger partial charge in [-0.3, -0.25) is 4.79 Å². The second-order valence-electron chi connectivity index (χ2n) is 5.67.